The third-order valence-electron chi connectivity index (χ3n) is 6.68. The Kier molecular flexibility index (Phi) is 12.5. The molecule has 0 bridgehead atoms. The SMILES string of the molecule is C=C(C)NC(CC)(/C(C)=C/C=C\CCC)c1cccs1.CC1CCN(Cc2cccc(F)c2)CC1. The third kappa shape index (κ3) is 9.42. The molecule has 1 aromatic heterocycles. The largest absolute Gasteiger partial charge is 0.375 e. The molecule has 1 aliphatic heterocycles. The molecule has 1 saturated heterocycles. The first kappa shape index (κ1) is 29.1. The van der Waals surface area contributed by atoms with E-state index >= 15 is 0 Å². The number of nitrogens with one attached hydrogen (secondary N) is 1. The van der Waals surface area contributed by atoms with Gasteiger partial charge in [0.15, 0.2) is 0 Å². The molecule has 1 atom stereocenters. The van der Waals surface area contributed by atoms with Crippen LogP contribution in [0.15, 0.2) is 77.9 Å². The molecule has 1 aliphatic rings. The summed E-state index contributed by atoms with van der Waals surface area (Å²) < 4.78 is 13.0. The van der Waals surface area contributed by atoms with Crippen LogP contribution in [-0.2, 0) is 12.1 Å². The van der Waals surface area contributed by atoms with Gasteiger partial charge in [-0.2, -0.15) is 0 Å². The molecule has 2 heterocycles. The fraction of sp³-hybridized carbons (Fsp3) is 0.484. The topological polar surface area (TPSA) is 15.3 Å². The highest BCUT2D eigenvalue weighted by Gasteiger charge is 2.32. The van der Waals surface area contributed by atoms with Crippen molar-refractivity contribution in [3.8, 4) is 0 Å². The molecule has 1 N–H and O–H groups in total. The van der Waals surface area contributed by atoms with Crippen molar-refractivity contribution in [1.82, 2.24) is 10.2 Å². The lowest BCUT2D eigenvalue weighted by atomic mass is 9.85. The van der Waals surface area contributed by atoms with Gasteiger partial charge in [-0.15, -0.1) is 11.3 Å². The first-order valence-corrected chi connectivity index (χ1v) is 14.0. The molecule has 3 rings (SSSR count). The van der Waals surface area contributed by atoms with E-state index < -0.39 is 0 Å². The van der Waals surface area contributed by atoms with Crippen molar-refractivity contribution in [2.75, 3.05) is 13.1 Å². The molecule has 192 valence electrons. The number of piperidine rings is 1. The van der Waals surface area contributed by atoms with Crippen LogP contribution in [0.1, 0.15) is 77.2 Å². The van der Waals surface area contributed by atoms with Crippen LogP contribution in [0.5, 0.6) is 0 Å². The average molecular weight is 497 g/mol. The molecule has 0 saturated carbocycles. The molecule has 2 nitrogen and oxygen atoms in total. The van der Waals surface area contributed by atoms with Crippen molar-refractivity contribution in [3.05, 3.63) is 94.1 Å². The van der Waals surface area contributed by atoms with Crippen molar-refractivity contribution < 1.29 is 4.39 Å². The Morgan fingerprint density at radius 3 is 2.51 bits per heavy atom. The van der Waals surface area contributed by atoms with Gasteiger partial charge in [0.2, 0.25) is 0 Å². The van der Waals surface area contributed by atoms with E-state index in [1.807, 2.05) is 13.0 Å². The van der Waals surface area contributed by atoms with Crippen LogP contribution in [0.25, 0.3) is 0 Å². The molecule has 1 fully saturated rings. The normalized spacial score (nSPS) is 17.0. The number of rotatable bonds is 10. The van der Waals surface area contributed by atoms with Crippen molar-refractivity contribution >= 4 is 11.3 Å². The second-order valence-electron chi connectivity index (χ2n) is 9.80. The van der Waals surface area contributed by atoms with Gasteiger partial charge < -0.3 is 5.32 Å². The number of thiophene rings is 1. The van der Waals surface area contributed by atoms with Crippen LogP contribution in [0.4, 0.5) is 4.39 Å². The highest BCUT2D eigenvalue weighted by atomic mass is 32.1. The maximum absolute atomic E-state index is 13.0. The second kappa shape index (κ2) is 15.1. The summed E-state index contributed by atoms with van der Waals surface area (Å²) in [6.07, 6.45) is 12.5. The summed E-state index contributed by atoms with van der Waals surface area (Å²) in [5, 5.41) is 5.74. The van der Waals surface area contributed by atoms with Gasteiger partial charge in [0.25, 0.3) is 0 Å². The first-order chi connectivity index (χ1) is 16.8. The highest BCUT2D eigenvalue weighted by molar-refractivity contribution is 7.10. The fourth-order valence-electron chi connectivity index (χ4n) is 4.51. The average Bonchev–Trinajstić information content (AvgIpc) is 3.37. The summed E-state index contributed by atoms with van der Waals surface area (Å²) in [4.78, 5) is 3.76. The summed E-state index contributed by atoms with van der Waals surface area (Å²) >= 11 is 1.80. The van der Waals surface area contributed by atoms with Crippen LogP contribution < -0.4 is 5.32 Å². The quantitative estimate of drug-likeness (QED) is 0.330. The molecule has 35 heavy (non-hydrogen) atoms. The summed E-state index contributed by atoms with van der Waals surface area (Å²) in [5.41, 5.74) is 3.30. The molecular weight excluding hydrogens is 451 g/mol. The number of nitrogens with zero attached hydrogens (tertiary/aromatic N) is 1. The summed E-state index contributed by atoms with van der Waals surface area (Å²) in [7, 11) is 0. The van der Waals surface area contributed by atoms with Crippen molar-refractivity contribution in [2.45, 2.75) is 78.8 Å². The number of halogens is 1. The van der Waals surface area contributed by atoms with Gasteiger partial charge in [-0.1, -0.05) is 70.2 Å². The van der Waals surface area contributed by atoms with Gasteiger partial charge in [-0.05, 0) is 93.3 Å². The van der Waals surface area contributed by atoms with Gasteiger partial charge in [-0.3, -0.25) is 4.90 Å². The Hall–Kier alpha value is -2.17. The Bertz CT molecular complexity index is 939. The maximum atomic E-state index is 13.0. The lowest BCUT2D eigenvalue weighted by Crippen LogP contribution is -2.41. The molecule has 4 heteroatoms. The standard InChI is InChI=1S/C18H27NS.C13H18FN/c1-6-8-9-10-12-16(5)18(7-2,19-15(3)4)17-13-11-14-20-17;1-11-5-7-15(8-6-11)10-12-3-2-4-13(14)9-12/h9-14,19H,3,6-8H2,1-2,4-5H3;2-4,9,11H,5-8,10H2,1H3/b10-9-,16-12+;. The number of allylic oxidation sites excluding steroid dienone is 4. The summed E-state index contributed by atoms with van der Waals surface area (Å²) in [5.74, 6) is 0.728. The number of unbranched alkanes of at least 4 members (excludes halogenated alkanes) is 1. The van der Waals surface area contributed by atoms with Gasteiger partial charge in [0.1, 0.15) is 5.82 Å². The second-order valence-corrected chi connectivity index (χ2v) is 10.7. The molecule has 2 aromatic rings. The van der Waals surface area contributed by atoms with E-state index in [0.29, 0.717) is 0 Å². The van der Waals surface area contributed by atoms with Gasteiger partial charge in [0.05, 0.1) is 5.54 Å². The van der Waals surface area contributed by atoms with Crippen molar-refractivity contribution in [1.29, 1.82) is 0 Å². The Morgan fingerprint density at radius 1 is 1.20 bits per heavy atom. The third-order valence-corrected chi connectivity index (χ3v) is 7.71. The molecule has 1 unspecified atom stereocenters. The fourth-order valence-corrected chi connectivity index (χ4v) is 5.53. The predicted molar refractivity (Wildman–Crippen MR) is 152 cm³/mol. The summed E-state index contributed by atoms with van der Waals surface area (Å²) in [6, 6.07) is 11.3. The number of hydrogen-bond donors (Lipinski definition) is 1. The van der Waals surface area contributed by atoms with Gasteiger partial charge in [-0.25, -0.2) is 4.39 Å². The zero-order valence-corrected chi connectivity index (χ0v) is 23.3. The zero-order valence-electron chi connectivity index (χ0n) is 22.4. The van der Waals surface area contributed by atoms with E-state index in [9.17, 15) is 4.39 Å². The highest BCUT2D eigenvalue weighted by Crippen LogP contribution is 2.36. The van der Waals surface area contributed by atoms with Crippen LogP contribution in [-0.4, -0.2) is 18.0 Å². The minimum Gasteiger partial charge on any atom is -0.375 e. The molecule has 0 aliphatic carbocycles. The predicted octanol–water partition coefficient (Wildman–Crippen LogP) is 8.84. The zero-order chi connectivity index (χ0) is 25.7. The number of hydrogen-bond acceptors (Lipinski definition) is 3. The van der Waals surface area contributed by atoms with Crippen LogP contribution in [0.3, 0.4) is 0 Å². The van der Waals surface area contributed by atoms with Crippen LogP contribution in [0, 0.1) is 11.7 Å². The molecule has 0 amide bonds. The maximum Gasteiger partial charge on any atom is 0.123 e. The summed E-state index contributed by atoms with van der Waals surface area (Å²) in [6.45, 7) is 18.2. The smallest absolute Gasteiger partial charge is 0.123 e. The monoisotopic (exact) mass is 496 g/mol. The Balaban J connectivity index is 0.000000256. The van der Waals surface area contributed by atoms with Gasteiger partial charge >= 0.3 is 0 Å². The van der Waals surface area contributed by atoms with Crippen LogP contribution in [0.2, 0.25) is 0 Å². The Morgan fingerprint density at radius 2 is 1.94 bits per heavy atom. The lowest BCUT2D eigenvalue weighted by molar-refractivity contribution is 0.185. The number of likely N-dealkylation sites (tertiary alicyclic amines) is 1. The van der Waals surface area contributed by atoms with E-state index in [-0.39, 0.29) is 11.4 Å². The van der Waals surface area contributed by atoms with Crippen molar-refractivity contribution in [2.24, 2.45) is 5.92 Å². The minimum absolute atomic E-state index is 0.127. The van der Waals surface area contributed by atoms with Crippen LogP contribution >= 0.6 is 11.3 Å². The van der Waals surface area contributed by atoms with E-state index in [1.165, 1.54) is 35.8 Å². The molecule has 0 spiro atoms. The van der Waals surface area contributed by atoms with E-state index in [2.05, 4.69) is 80.2 Å². The van der Waals surface area contributed by atoms with E-state index in [1.54, 1.807) is 23.5 Å². The van der Waals surface area contributed by atoms with E-state index in [4.69, 9.17) is 0 Å². The minimum atomic E-state index is -0.128. The first-order valence-electron chi connectivity index (χ1n) is 13.1. The molecule has 1 aromatic carbocycles. The van der Waals surface area contributed by atoms with Gasteiger partial charge in [0, 0.05) is 17.1 Å². The Labute approximate surface area is 217 Å². The molecular formula is C31H45FN2S. The van der Waals surface area contributed by atoms with Crippen molar-refractivity contribution in [3.63, 3.8) is 0 Å². The number of benzene rings is 1. The molecule has 0 radical (unpaired) electrons. The van der Waals surface area contributed by atoms with E-state index in [0.717, 1.165) is 49.7 Å². The lowest BCUT2D eigenvalue weighted by Gasteiger charge is -2.35.